The average Bonchev–Trinajstić information content (AvgIpc) is 2.60. The van der Waals surface area contributed by atoms with Gasteiger partial charge in [-0.15, -0.1) is 0 Å². The topological polar surface area (TPSA) is 41.6 Å². The van der Waals surface area contributed by atoms with Crippen LogP contribution in [0.5, 0.6) is 5.75 Å². The Morgan fingerprint density at radius 1 is 1.15 bits per heavy atom. The lowest BCUT2D eigenvalue weighted by Crippen LogP contribution is -2.62. The summed E-state index contributed by atoms with van der Waals surface area (Å²) in [5.41, 5.74) is 0.0987. The summed E-state index contributed by atoms with van der Waals surface area (Å²) in [6.45, 7) is 3.35. The normalized spacial score (nSPS) is 33.3. The van der Waals surface area contributed by atoms with Crippen molar-refractivity contribution in [1.29, 1.82) is 0 Å². The first kappa shape index (κ1) is 17.8. The van der Waals surface area contributed by atoms with E-state index in [1.54, 1.807) is 0 Å². The summed E-state index contributed by atoms with van der Waals surface area (Å²) in [5, 5.41) is 3.49. The van der Waals surface area contributed by atoms with E-state index in [-0.39, 0.29) is 17.5 Å². The molecule has 4 aliphatic rings. The molecule has 0 heterocycles. The van der Waals surface area contributed by atoms with Crippen LogP contribution >= 0.6 is 0 Å². The Kier molecular flexibility index (Phi) is 4.96. The number of carbonyl (C=O) groups is 1. The number of hydrogen-bond acceptors (Lipinski definition) is 3. The van der Waals surface area contributed by atoms with Gasteiger partial charge in [-0.3, -0.25) is 9.69 Å². The lowest BCUT2D eigenvalue weighted by atomic mass is 9.53. The molecule has 4 saturated carbocycles. The van der Waals surface area contributed by atoms with Crippen molar-refractivity contribution >= 4 is 5.91 Å². The molecule has 4 aliphatic carbocycles. The van der Waals surface area contributed by atoms with Crippen molar-refractivity contribution in [2.75, 3.05) is 20.2 Å². The van der Waals surface area contributed by atoms with Crippen LogP contribution in [0, 0.1) is 17.8 Å². The molecule has 1 aromatic rings. The molecule has 0 aromatic heterocycles. The lowest BCUT2D eigenvalue weighted by Gasteiger charge is -2.57. The number of para-hydroxylation sites is 1. The number of rotatable bonds is 7. The van der Waals surface area contributed by atoms with E-state index < -0.39 is 0 Å². The van der Waals surface area contributed by atoms with Crippen molar-refractivity contribution in [3.63, 3.8) is 0 Å². The van der Waals surface area contributed by atoms with Gasteiger partial charge in [0, 0.05) is 12.1 Å². The predicted molar refractivity (Wildman–Crippen MR) is 103 cm³/mol. The molecule has 4 bridgehead atoms. The Hall–Kier alpha value is -1.55. The average molecular weight is 357 g/mol. The highest BCUT2D eigenvalue weighted by atomic mass is 16.5. The molecule has 0 saturated heterocycles. The Labute approximate surface area is 157 Å². The van der Waals surface area contributed by atoms with Crippen LogP contribution in [0.4, 0.5) is 0 Å². The van der Waals surface area contributed by atoms with Crippen LogP contribution in [0.3, 0.4) is 0 Å². The number of hydrogen-bond donors (Lipinski definition) is 1. The Morgan fingerprint density at radius 3 is 2.31 bits per heavy atom. The van der Waals surface area contributed by atoms with E-state index in [1.165, 1.54) is 38.5 Å². The van der Waals surface area contributed by atoms with Gasteiger partial charge in [0.2, 0.25) is 5.91 Å². The summed E-state index contributed by atoms with van der Waals surface area (Å²) in [4.78, 5) is 15.0. The standard InChI is InChI=1S/C22H32N2O2/c1-16(24(2)8-9-26-20-6-4-3-5-7-20)21(25)23-22-13-17-10-18(14-22)12-19(11-17)15-22/h3-7,16-19H,8-15H2,1-2H3,(H,23,25). The minimum Gasteiger partial charge on any atom is -0.492 e. The van der Waals surface area contributed by atoms with E-state index >= 15 is 0 Å². The van der Waals surface area contributed by atoms with E-state index in [0.29, 0.717) is 6.61 Å². The molecule has 4 nitrogen and oxygen atoms in total. The predicted octanol–water partition coefficient (Wildman–Crippen LogP) is 3.47. The molecule has 5 rings (SSSR count). The van der Waals surface area contributed by atoms with E-state index in [9.17, 15) is 4.79 Å². The van der Waals surface area contributed by atoms with Gasteiger partial charge in [-0.05, 0) is 82.4 Å². The Morgan fingerprint density at radius 2 is 1.73 bits per heavy atom. The number of carbonyl (C=O) groups excluding carboxylic acids is 1. The maximum absolute atomic E-state index is 12.9. The highest BCUT2D eigenvalue weighted by Gasteiger charge is 2.51. The van der Waals surface area contributed by atoms with E-state index in [0.717, 1.165) is 30.0 Å². The third-order valence-electron chi connectivity index (χ3n) is 6.92. The molecular formula is C22H32N2O2. The van der Waals surface area contributed by atoms with Crippen LogP contribution in [0.25, 0.3) is 0 Å². The van der Waals surface area contributed by atoms with Crippen molar-refractivity contribution in [3.05, 3.63) is 30.3 Å². The summed E-state index contributed by atoms with van der Waals surface area (Å²) in [7, 11) is 2.01. The van der Waals surface area contributed by atoms with E-state index in [2.05, 4.69) is 10.2 Å². The molecule has 0 aliphatic heterocycles. The molecular weight excluding hydrogens is 324 g/mol. The van der Waals surface area contributed by atoms with Gasteiger partial charge in [0.25, 0.3) is 0 Å². The zero-order valence-electron chi connectivity index (χ0n) is 16.1. The number of amides is 1. The number of ether oxygens (including phenoxy) is 1. The van der Waals surface area contributed by atoms with Crippen molar-refractivity contribution in [1.82, 2.24) is 10.2 Å². The zero-order chi connectivity index (χ0) is 18.1. The molecule has 4 fully saturated rings. The Balaban J connectivity index is 1.27. The van der Waals surface area contributed by atoms with Gasteiger partial charge in [0.05, 0.1) is 6.04 Å². The number of likely N-dealkylation sites (N-methyl/N-ethyl adjacent to an activating group) is 1. The first-order valence-corrected chi connectivity index (χ1v) is 10.2. The summed E-state index contributed by atoms with van der Waals surface area (Å²) in [5.74, 6) is 3.64. The smallest absolute Gasteiger partial charge is 0.237 e. The molecule has 1 atom stereocenters. The maximum atomic E-state index is 12.9. The fourth-order valence-electron chi connectivity index (χ4n) is 5.85. The lowest BCUT2D eigenvalue weighted by molar-refractivity contribution is -0.131. The monoisotopic (exact) mass is 356 g/mol. The van der Waals surface area contributed by atoms with Crippen LogP contribution in [0.15, 0.2) is 30.3 Å². The molecule has 26 heavy (non-hydrogen) atoms. The summed E-state index contributed by atoms with van der Waals surface area (Å²) in [6.07, 6.45) is 7.83. The van der Waals surface area contributed by atoms with E-state index in [1.807, 2.05) is 44.3 Å². The summed E-state index contributed by atoms with van der Waals surface area (Å²) >= 11 is 0. The largest absolute Gasteiger partial charge is 0.492 e. The first-order chi connectivity index (χ1) is 12.5. The van der Waals surface area contributed by atoms with Crippen LogP contribution in [0.1, 0.15) is 45.4 Å². The number of nitrogens with one attached hydrogen (secondary N) is 1. The quantitative estimate of drug-likeness (QED) is 0.813. The van der Waals surface area contributed by atoms with Gasteiger partial charge in [0.1, 0.15) is 12.4 Å². The minimum atomic E-state index is -0.123. The van der Waals surface area contributed by atoms with Crippen molar-refractivity contribution in [3.8, 4) is 5.75 Å². The molecule has 4 heteroatoms. The third kappa shape index (κ3) is 3.75. The molecule has 1 amide bonds. The first-order valence-electron chi connectivity index (χ1n) is 10.2. The fraction of sp³-hybridized carbons (Fsp3) is 0.682. The maximum Gasteiger partial charge on any atom is 0.237 e. The number of nitrogens with zero attached hydrogens (tertiary/aromatic N) is 1. The van der Waals surface area contributed by atoms with Gasteiger partial charge in [0.15, 0.2) is 0 Å². The van der Waals surface area contributed by atoms with E-state index in [4.69, 9.17) is 4.74 Å². The molecule has 142 valence electrons. The highest BCUT2D eigenvalue weighted by molar-refractivity contribution is 5.82. The molecule has 1 aromatic carbocycles. The summed E-state index contributed by atoms with van der Waals surface area (Å²) < 4.78 is 5.77. The summed E-state index contributed by atoms with van der Waals surface area (Å²) in [6, 6.07) is 9.73. The van der Waals surface area contributed by atoms with Gasteiger partial charge < -0.3 is 10.1 Å². The Bertz CT molecular complexity index is 595. The van der Waals surface area contributed by atoms with Crippen LogP contribution < -0.4 is 10.1 Å². The zero-order valence-corrected chi connectivity index (χ0v) is 16.1. The second kappa shape index (κ2) is 7.22. The molecule has 1 unspecified atom stereocenters. The van der Waals surface area contributed by atoms with Crippen LogP contribution in [-0.2, 0) is 4.79 Å². The van der Waals surface area contributed by atoms with Crippen molar-refractivity contribution in [2.24, 2.45) is 17.8 Å². The van der Waals surface area contributed by atoms with Gasteiger partial charge in [-0.25, -0.2) is 0 Å². The van der Waals surface area contributed by atoms with Gasteiger partial charge >= 0.3 is 0 Å². The van der Waals surface area contributed by atoms with Crippen molar-refractivity contribution in [2.45, 2.75) is 57.0 Å². The minimum absolute atomic E-state index is 0.0987. The van der Waals surface area contributed by atoms with Crippen molar-refractivity contribution < 1.29 is 9.53 Å². The molecule has 0 spiro atoms. The molecule has 0 radical (unpaired) electrons. The highest BCUT2D eigenvalue weighted by Crippen LogP contribution is 2.55. The van der Waals surface area contributed by atoms with Crippen LogP contribution in [-0.4, -0.2) is 42.6 Å². The van der Waals surface area contributed by atoms with Gasteiger partial charge in [-0.1, -0.05) is 18.2 Å². The second-order valence-corrected chi connectivity index (χ2v) is 9.01. The second-order valence-electron chi connectivity index (χ2n) is 9.01. The number of benzene rings is 1. The fourth-order valence-corrected chi connectivity index (χ4v) is 5.85. The SMILES string of the molecule is CC(C(=O)NC12CC3CC(CC(C3)C1)C2)N(C)CCOc1ccccc1. The van der Waals surface area contributed by atoms with Crippen LogP contribution in [0.2, 0.25) is 0 Å². The van der Waals surface area contributed by atoms with Gasteiger partial charge in [-0.2, -0.15) is 0 Å². The molecule has 1 N–H and O–H groups in total. The third-order valence-corrected chi connectivity index (χ3v) is 6.92.